The van der Waals surface area contributed by atoms with E-state index in [-0.39, 0.29) is 31.3 Å². The molecule has 1 aromatic carbocycles. The summed E-state index contributed by atoms with van der Waals surface area (Å²) in [6, 6.07) is 8.71. The molecule has 3 heterocycles. The first-order chi connectivity index (χ1) is 21.6. The van der Waals surface area contributed by atoms with E-state index >= 15 is 0 Å². The standard InChI is InChI=1S/C28H30N4O11S2/c1-20(41-30-11-15-32-26(33)7-8-27(32)34)4-2-16-39-23-6-5-22(18-25(23)44-43-42-35)24-19-29-28(40-24)21-9-13-31(14-10-21)12-3-17-45(36,37)38/h5-10,13-14,18-19,30H,1-4,11-12,15-17H2,(H-,35,36,37,38). The molecular weight excluding hydrogens is 632 g/mol. The van der Waals surface area contributed by atoms with Crippen LogP contribution < -0.4 is 14.8 Å². The van der Waals surface area contributed by atoms with Gasteiger partial charge in [-0.25, -0.2) is 23.2 Å². The zero-order valence-electron chi connectivity index (χ0n) is 23.8. The maximum Gasteiger partial charge on any atom is 0.253 e. The van der Waals surface area contributed by atoms with E-state index in [1.807, 2.05) is 0 Å². The van der Waals surface area contributed by atoms with Crippen LogP contribution in [0.25, 0.3) is 22.8 Å². The summed E-state index contributed by atoms with van der Waals surface area (Å²) in [7, 11) is -4.25. The fraction of sp³-hybridized carbons (Fsp3) is 0.286. The van der Waals surface area contributed by atoms with Crippen molar-refractivity contribution in [2.24, 2.45) is 0 Å². The highest BCUT2D eigenvalue weighted by Gasteiger charge is 2.22. The fourth-order valence-corrected chi connectivity index (χ4v) is 5.05. The number of aromatic nitrogens is 2. The predicted molar refractivity (Wildman–Crippen MR) is 156 cm³/mol. The molecule has 0 saturated heterocycles. The van der Waals surface area contributed by atoms with E-state index in [9.17, 15) is 22.6 Å². The highest BCUT2D eigenvalue weighted by atomic mass is 32.2. The van der Waals surface area contributed by atoms with Crippen molar-refractivity contribution in [3.05, 3.63) is 73.4 Å². The summed E-state index contributed by atoms with van der Waals surface area (Å²) < 4.78 is 50.6. The lowest BCUT2D eigenvalue weighted by Crippen LogP contribution is -2.36. The summed E-state index contributed by atoms with van der Waals surface area (Å²) in [4.78, 5) is 34.4. The van der Waals surface area contributed by atoms with Crippen LogP contribution in [0.15, 0.2) is 82.7 Å². The maximum atomic E-state index is 11.5. The molecule has 0 unspecified atom stereocenters. The Morgan fingerprint density at radius 1 is 1.13 bits per heavy atom. The van der Waals surface area contributed by atoms with Crippen molar-refractivity contribution in [2.45, 2.75) is 30.7 Å². The fourth-order valence-electron chi connectivity index (χ4n) is 4.08. The molecule has 4 rings (SSSR count). The van der Waals surface area contributed by atoms with Crippen molar-refractivity contribution in [1.29, 1.82) is 0 Å². The number of amides is 2. The zero-order chi connectivity index (χ0) is 32.2. The second-order valence-corrected chi connectivity index (χ2v) is 11.8. The lowest BCUT2D eigenvalue weighted by atomic mass is 10.2. The molecule has 0 atom stereocenters. The molecule has 0 saturated carbocycles. The molecule has 2 aromatic heterocycles. The van der Waals surface area contributed by atoms with E-state index < -0.39 is 15.9 Å². The van der Waals surface area contributed by atoms with Crippen molar-refractivity contribution in [3.8, 4) is 28.5 Å². The SMILES string of the molecule is C=C(CCCOc1ccc(-c2cnc(-c3cc[n+](CCCS(=O)(=O)[O-])cc3)o2)cc1SOOO)ONCCN1C(=O)C=CC1=O. The normalized spacial score (nSPS) is 13.1. The van der Waals surface area contributed by atoms with E-state index in [2.05, 4.69) is 26.4 Å². The minimum absolute atomic E-state index is 0.168. The van der Waals surface area contributed by atoms with Crippen LogP contribution >= 0.6 is 12.0 Å². The van der Waals surface area contributed by atoms with Gasteiger partial charge in [-0.1, -0.05) is 11.6 Å². The summed E-state index contributed by atoms with van der Waals surface area (Å²) in [5.74, 6) is 0.563. The maximum absolute atomic E-state index is 11.5. The van der Waals surface area contributed by atoms with Gasteiger partial charge in [0.05, 0.1) is 39.9 Å². The van der Waals surface area contributed by atoms with Gasteiger partial charge < -0.3 is 18.5 Å². The van der Waals surface area contributed by atoms with Crippen molar-refractivity contribution in [3.63, 3.8) is 0 Å². The number of hydrogen-bond donors (Lipinski definition) is 2. The summed E-state index contributed by atoms with van der Waals surface area (Å²) in [6.07, 6.45) is 8.70. The number of carbonyl (C=O) groups is 2. The Balaban J connectivity index is 1.26. The molecule has 0 radical (unpaired) electrons. The van der Waals surface area contributed by atoms with E-state index in [1.165, 1.54) is 12.2 Å². The third-order valence-electron chi connectivity index (χ3n) is 6.25. The zero-order valence-corrected chi connectivity index (χ0v) is 25.5. The first kappa shape index (κ1) is 33.8. The molecule has 1 aliphatic heterocycles. The number of allylic oxidation sites excluding steroid dienone is 1. The molecule has 0 bridgehead atoms. The van der Waals surface area contributed by atoms with Crippen LogP contribution in [0, 0.1) is 0 Å². The van der Waals surface area contributed by atoms with Gasteiger partial charge in [0.1, 0.15) is 18.1 Å². The summed E-state index contributed by atoms with van der Waals surface area (Å²) in [6.45, 7) is 4.91. The van der Waals surface area contributed by atoms with Gasteiger partial charge in [-0.05, 0) is 24.6 Å². The molecule has 0 fully saturated rings. The second kappa shape index (κ2) is 16.3. The number of imide groups is 1. The molecule has 0 aliphatic carbocycles. The number of ether oxygens (including phenoxy) is 1. The van der Waals surface area contributed by atoms with Crippen LogP contribution in [-0.4, -0.2) is 65.4 Å². The molecule has 0 spiro atoms. The molecule has 45 heavy (non-hydrogen) atoms. The minimum Gasteiger partial charge on any atom is -0.748 e. The Morgan fingerprint density at radius 3 is 2.60 bits per heavy atom. The number of aryl methyl sites for hydroxylation is 1. The Kier molecular flexibility index (Phi) is 12.2. The van der Waals surface area contributed by atoms with Crippen LogP contribution in [0.1, 0.15) is 19.3 Å². The number of benzene rings is 1. The molecule has 2 amide bonds. The lowest BCUT2D eigenvalue weighted by Gasteiger charge is -2.15. The molecule has 2 N–H and O–H groups in total. The average molecular weight is 663 g/mol. The number of nitrogens with zero attached hydrogens (tertiary/aromatic N) is 3. The Labute approximate surface area is 262 Å². The monoisotopic (exact) mass is 662 g/mol. The Hall–Kier alpha value is -4.10. The molecule has 3 aromatic rings. The van der Waals surface area contributed by atoms with Gasteiger partial charge in [0, 0.05) is 67.1 Å². The molecule has 240 valence electrons. The topological polar surface area (TPSA) is 194 Å². The lowest BCUT2D eigenvalue weighted by molar-refractivity contribution is -0.696. The summed E-state index contributed by atoms with van der Waals surface area (Å²) in [5.41, 5.74) is 4.02. The first-order valence-electron chi connectivity index (χ1n) is 13.5. The van der Waals surface area contributed by atoms with Gasteiger partial charge in [-0.3, -0.25) is 14.5 Å². The van der Waals surface area contributed by atoms with Crippen molar-refractivity contribution in [1.82, 2.24) is 15.4 Å². The van der Waals surface area contributed by atoms with Crippen LogP contribution in [-0.2, 0) is 40.5 Å². The molecular formula is C28H30N4O11S2. The summed E-state index contributed by atoms with van der Waals surface area (Å²) >= 11 is 0.729. The predicted octanol–water partition coefficient (Wildman–Crippen LogP) is 2.78. The third-order valence-corrected chi connectivity index (χ3v) is 7.67. The number of oxazole rings is 1. The van der Waals surface area contributed by atoms with Gasteiger partial charge in [0.2, 0.25) is 5.89 Å². The highest BCUT2D eigenvalue weighted by Crippen LogP contribution is 2.35. The second-order valence-electron chi connectivity index (χ2n) is 9.51. The highest BCUT2D eigenvalue weighted by molar-refractivity contribution is 7.94. The molecule has 15 nitrogen and oxygen atoms in total. The van der Waals surface area contributed by atoms with Crippen LogP contribution in [0.2, 0.25) is 0 Å². The van der Waals surface area contributed by atoms with Gasteiger partial charge in [0.15, 0.2) is 18.2 Å². The van der Waals surface area contributed by atoms with Crippen LogP contribution in [0.3, 0.4) is 0 Å². The largest absolute Gasteiger partial charge is 0.748 e. The van der Waals surface area contributed by atoms with E-state index in [1.54, 1.807) is 53.5 Å². The Morgan fingerprint density at radius 2 is 1.89 bits per heavy atom. The van der Waals surface area contributed by atoms with Gasteiger partial charge in [-0.15, -0.1) is 4.33 Å². The minimum atomic E-state index is -4.25. The van der Waals surface area contributed by atoms with E-state index in [0.29, 0.717) is 65.2 Å². The Bertz CT molecular complexity index is 1610. The number of hydrogen-bond acceptors (Lipinski definition) is 14. The number of pyridine rings is 1. The van der Waals surface area contributed by atoms with Crippen molar-refractivity contribution in [2.75, 3.05) is 25.4 Å². The van der Waals surface area contributed by atoms with E-state index in [4.69, 9.17) is 19.2 Å². The van der Waals surface area contributed by atoms with Crippen LogP contribution in [0.5, 0.6) is 5.75 Å². The van der Waals surface area contributed by atoms with Gasteiger partial charge in [-0.2, -0.15) is 5.48 Å². The van der Waals surface area contributed by atoms with Gasteiger partial charge in [0.25, 0.3) is 11.8 Å². The third kappa shape index (κ3) is 10.5. The van der Waals surface area contributed by atoms with Crippen molar-refractivity contribution < 1.29 is 55.7 Å². The average Bonchev–Trinajstić information content (AvgIpc) is 3.63. The number of nitrogens with one attached hydrogen (secondary N) is 1. The summed E-state index contributed by atoms with van der Waals surface area (Å²) in [5, 5.41) is 12.4. The van der Waals surface area contributed by atoms with Crippen LogP contribution in [0.4, 0.5) is 0 Å². The quantitative estimate of drug-likeness (QED) is 0.0278. The van der Waals surface area contributed by atoms with Gasteiger partial charge >= 0.3 is 0 Å². The number of hydroxylamine groups is 1. The molecule has 17 heteroatoms. The van der Waals surface area contributed by atoms with E-state index in [0.717, 1.165) is 16.9 Å². The number of rotatable bonds is 19. The number of carbonyl (C=O) groups excluding carboxylic acids is 2. The smallest absolute Gasteiger partial charge is 0.253 e. The first-order valence-corrected chi connectivity index (χ1v) is 15.9. The molecule has 1 aliphatic rings. The van der Waals surface area contributed by atoms with Crippen molar-refractivity contribution >= 4 is 34.0 Å².